The Hall–Kier alpha value is -1.46. The van der Waals surface area contributed by atoms with Gasteiger partial charge in [-0.1, -0.05) is 13.6 Å². The quantitative estimate of drug-likeness (QED) is 0.467. The maximum Gasteiger partial charge on any atom is 0.305 e. The lowest BCUT2D eigenvalue weighted by Gasteiger charge is -2.18. The number of hydrogen-bond acceptors (Lipinski definition) is 2. The largest absolute Gasteiger partial charge is 0.469 e. The van der Waals surface area contributed by atoms with Crippen LogP contribution in [-0.2, 0) is 16.0 Å². The van der Waals surface area contributed by atoms with Crippen LogP contribution in [0.4, 0.5) is 13.2 Å². The van der Waals surface area contributed by atoms with Gasteiger partial charge in [-0.05, 0) is 23.9 Å². The second-order valence-electron chi connectivity index (χ2n) is 4.85. The molecule has 6 heteroatoms. The number of esters is 1. The van der Waals surface area contributed by atoms with E-state index in [0.717, 1.165) is 6.07 Å². The second-order valence-corrected chi connectivity index (χ2v) is 4.85. The maximum absolute atomic E-state index is 13.6. The third-order valence-corrected chi connectivity index (χ3v) is 3.17. The van der Waals surface area contributed by atoms with Gasteiger partial charge >= 0.3 is 5.97 Å². The monoisotopic (exact) mass is 272 g/mol. The van der Waals surface area contributed by atoms with Gasteiger partial charge < -0.3 is 4.74 Å². The molecule has 0 amide bonds. The number of benzene rings is 1. The molecule has 0 N–H and O–H groups in total. The summed E-state index contributed by atoms with van der Waals surface area (Å²) in [5, 5.41) is 0. The van der Waals surface area contributed by atoms with E-state index in [2.05, 4.69) is 4.74 Å². The molecular formula is C13H16BF3O2. The third kappa shape index (κ3) is 4.30. The Morgan fingerprint density at radius 1 is 1.21 bits per heavy atom. The van der Waals surface area contributed by atoms with Crippen LogP contribution in [0.25, 0.3) is 0 Å². The summed E-state index contributed by atoms with van der Waals surface area (Å²) in [6, 6.07) is 1.37. The predicted octanol–water partition coefficient (Wildman–Crippen LogP) is 3.33. The lowest BCUT2D eigenvalue weighted by molar-refractivity contribution is -0.140. The van der Waals surface area contributed by atoms with Gasteiger partial charge in [0.1, 0.15) is 12.5 Å². The molecule has 0 heterocycles. The Balaban J connectivity index is 2.90. The second kappa shape index (κ2) is 6.64. The van der Waals surface area contributed by atoms with Crippen molar-refractivity contribution in [2.75, 3.05) is 7.11 Å². The van der Waals surface area contributed by atoms with Gasteiger partial charge in [-0.15, -0.1) is 0 Å². The van der Waals surface area contributed by atoms with Crippen LogP contribution in [0, 0.1) is 17.5 Å². The van der Waals surface area contributed by atoms with Crippen LogP contribution in [0.1, 0.15) is 12.0 Å². The Labute approximate surface area is 111 Å². The van der Waals surface area contributed by atoms with Crippen molar-refractivity contribution in [1.29, 1.82) is 0 Å². The maximum atomic E-state index is 13.6. The molecule has 0 saturated heterocycles. The van der Waals surface area contributed by atoms with Crippen LogP contribution in [0.2, 0.25) is 19.5 Å². The number of carbonyl (C=O) groups excluding carboxylic acids is 1. The molecule has 2 nitrogen and oxygen atoms in total. The fourth-order valence-electron chi connectivity index (χ4n) is 1.84. The van der Waals surface area contributed by atoms with Gasteiger partial charge in [0, 0.05) is 12.5 Å². The number of hydrogen-bond donors (Lipinski definition) is 0. The highest BCUT2D eigenvalue weighted by molar-refractivity contribution is 6.57. The third-order valence-electron chi connectivity index (χ3n) is 3.17. The van der Waals surface area contributed by atoms with Gasteiger partial charge in [-0.3, -0.25) is 4.79 Å². The minimum absolute atomic E-state index is 0.0708. The summed E-state index contributed by atoms with van der Waals surface area (Å²) in [5.41, 5.74) is 0.0708. The summed E-state index contributed by atoms with van der Waals surface area (Å²) in [6.07, 6.45) is 0.280. The van der Waals surface area contributed by atoms with Crippen LogP contribution in [-0.4, -0.2) is 19.8 Å². The van der Waals surface area contributed by atoms with Gasteiger partial charge in [0.2, 0.25) is 0 Å². The first-order valence-corrected chi connectivity index (χ1v) is 6.05. The lowest BCUT2D eigenvalue weighted by atomic mass is 9.43. The van der Waals surface area contributed by atoms with Crippen LogP contribution >= 0.6 is 0 Å². The van der Waals surface area contributed by atoms with Crippen molar-refractivity contribution in [2.24, 2.45) is 0 Å². The zero-order valence-electron chi connectivity index (χ0n) is 11.2. The highest BCUT2D eigenvalue weighted by Gasteiger charge is 2.23. The van der Waals surface area contributed by atoms with Gasteiger partial charge in [-0.2, -0.15) is 0 Å². The number of rotatable bonds is 5. The van der Waals surface area contributed by atoms with Crippen LogP contribution in [0.3, 0.4) is 0 Å². The summed E-state index contributed by atoms with van der Waals surface area (Å²) >= 11 is 0. The van der Waals surface area contributed by atoms with E-state index in [1.807, 2.05) is 13.6 Å². The highest BCUT2D eigenvalue weighted by atomic mass is 19.2. The normalized spacial score (nSPS) is 12.1. The Bertz CT molecular complexity index is 463. The fourth-order valence-corrected chi connectivity index (χ4v) is 1.84. The predicted molar refractivity (Wildman–Crippen MR) is 67.9 cm³/mol. The van der Waals surface area contributed by atoms with Gasteiger partial charge in [0.05, 0.1) is 7.11 Å². The van der Waals surface area contributed by atoms with Gasteiger partial charge in [0.15, 0.2) is 11.6 Å². The number of carbonyl (C=O) groups is 1. The molecule has 1 rings (SSSR count). The molecule has 19 heavy (non-hydrogen) atoms. The molecule has 1 atom stereocenters. The highest BCUT2D eigenvalue weighted by Crippen LogP contribution is 2.25. The molecular weight excluding hydrogens is 256 g/mol. The molecule has 1 aromatic rings. The van der Waals surface area contributed by atoms with Crippen molar-refractivity contribution in [2.45, 2.75) is 32.3 Å². The molecule has 0 aliphatic carbocycles. The van der Waals surface area contributed by atoms with Crippen LogP contribution in [0.5, 0.6) is 0 Å². The Kier molecular flexibility index (Phi) is 5.45. The smallest absolute Gasteiger partial charge is 0.305 e. The number of ether oxygens (including phenoxy) is 1. The van der Waals surface area contributed by atoms with E-state index in [-0.39, 0.29) is 30.9 Å². The first-order valence-electron chi connectivity index (χ1n) is 6.05. The summed E-state index contributed by atoms with van der Waals surface area (Å²) in [6.45, 7) is 3.85. The lowest BCUT2D eigenvalue weighted by Crippen LogP contribution is -2.20. The molecule has 0 fully saturated rings. The molecule has 1 aromatic carbocycles. The summed E-state index contributed by atoms with van der Waals surface area (Å²) in [7, 11) is 1.28. The average Bonchev–Trinajstić information content (AvgIpc) is 2.34. The van der Waals surface area contributed by atoms with Crippen molar-refractivity contribution in [3.8, 4) is 0 Å². The minimum Gasteiger partial charge on any atom is -0.469 e. The molecule has 0 aliphatic heterocycles. The Morgan fingerprint density at radius 3 is 2.32 bits per heavy atom. The standard InChI is InChI=1S/C13H16BF3O2/c1-14(2)9(6-13(18)19-3)4-8-5-11(16)12(17)7-10(8)15/h5,7,9H,4,6H2,1-3H3/t9-/m1/s1. The van der Waals surface area contributed by atoms with E-state index in [1.165, 1.54) is 7.11 Å². The molecule has 0 saturated carbocycles. The number of halogens is 3. The number of methoxy groups -OCH3 is 1. The molecule has 0 bridgehead atoms. The van der Waals surface area contributed by atoms with E-state index in [4.69, 9.17) is 0 Å². The molecule has 104 valence electrons. The van der Waals surface area contributed by atoms with E-state index >= 15 is 0 Å². The molecule has 0 spiro atoms. The summed E-state index contributed by atoms with van der Waals surface area (Å²) < 4.78 is 44.1. The van der Waals surface area contributed by atoms with E-state index in [0.29, 0.717) is 6.07 Å². The van der Waals surface area contributed by atoms with Crippen LogP contribution < -0.4 is 0 Å². The van der Waals surface area contributed by atoms with Crippen molar-refractivity contribution in [3.05, 3.63) is 35.1 Å². The summed E-state index contributed by atoms with van der Waals surface area (Å²) in [4.78, 5) is 11.3. The zero-order chi connectivity index (χ0) is 14.6. The average molecular weight is 272 g/mol. The topological polar surface area (TPSA) is 26.3 Å². The van der Waals surface area contributed by atoms with E-state index in [9.17, 15) is 18.0 Å². The first-order chi connectivity index (χ1) is 8.85. The zero-order valence-corrected chi connectivity index (χ0v) is 11.2. The van der Waals surface area contributed by atoms with Crippen molar-refractivity contribution < 1.29 is 22.7 Å². The van der Waals surface area contributed by atoms with E-state index in [1.54, 1.807) is 0 Å². The minimum atomic E-state index is -1.21. The van der Waals surface area contributed by atoms with Crippen molar-refractivity contribution in [1.82, 2.24) is 0 Å². The molecule has 0 aliphatic rings. The molecule has 0 aromatic heterocycles. The first kappa shape index (κ1) is 15.6. The van der Waals surface area contributed by atoms with E-state index < -0.39 is 23.4 Å². The van der Waals surface area contributed by atoms with Gasteiger partial charge in [0.25, 0.3) is 0 Å². The SMILES string of the molecule is COC(=O)C[C@@H](Cc1cc(F)c(F)cc1F)B(C)C. The Morgan fingerprint density at radius 2 is 1.79 bits per heavy atom. The van der Waals surface area contributed by atoms with Crippen molar-refractivity contribution in [3.63, 3.8) is 0 Å². The molecule has 0 radical (unpaired) electrons. The van der Waals surface area contributed by atoms with Crippen molar-refractivity contribution >= 4 is 12.7 Å². The van der Waals surface area contributed by atoms with Gasteiger partial charge in [-0.25, -0.2) is 13.2 Å². The van der Waals surface area contributed by atoms with Crippen LogP contribution in [0.15, 0.2) is 12.1 Å². The fraction of sp³-hybridized carbons (Fsp3) is 0.462. The molecule has 0 unspecified atom stereocenters. The summed E-state index contributed by atoms with van der Waals surface area (Å²) in [5.74, 6) is -3.68.